The maximum atomic E-state index is 9.65. The Morgan fingerprint density at radius 3 is 2.58 bits per heavy atom. The van der Waals surface area contributed by atoms with Crippen LogP contribution in [0.25, 0.3) is 6.08 Å². The minimum absolute atomic E-state index is 0.294. The SMILES string of the molecule is C=Cc1cc(Nc2nc(NC(C)[C@@H](C)CC)c(C)cc2C#N)ccc1N(C)CCCC. The Morgan fingerprint density at radius 1 is 1.23 bits per heavy atom. The van der Waals surface area contributed by atoms with Crippen molar-refractivity contribution in [3.8, 4) is 6.07 Å². The Bertz CT molecular complexity index is 928. The lowest BCUT2D eigenvalue weighted by Gasteiger charge is -2.23. The van der Waals surface area contributed by atoms with Gasteiger partial charge in [-0.2, -0.15) is 5.26 Å². The molecule has 0 bridgehead atoms. The first kappa shape index (κ1) is 24.3. The van der Waals surface area contributed by atoms with Gasteiger partial charge in [0.15, 0.2) is 5.82 Å². The Hall–Kier alpha value is -3.00. The van der Waals surface area contributed by atoms with E-state index in [1.54, 1.807) is 0 Å². The molecule has 1 heterocycles. The van der Waals surface area contributed by atoms with Gasteiger partial charge in [-0.05, 0) is 61.6 Å². The van der Waals surface area contributed by atoms with Crippen molar-refractivity contribution < 1.29 is 0 Å². The molecule has 0 aliphatic heterocycles. The van der Waals surface area contributed by atoms with E-state index in [2.05, 4.69) is 75.1 Å². The second-order valence-electron chi connectivity index (χ2n) is 8.36. The third kappa shape index (κ3) is 6.24. The second-order valence-corrected chi connectivity index (χ2v) is 8.36. The number of hydrogen-bond acceptors (Lipinski definition) is 5. The zero-order valence-electron chi connectivity index (χ0n) is 19.9. The van der Waals surface area contributed by atoms with Gasteiger partial charge in [0.05, 0.1) is 5.56 Å². The molecule has 166 valence electrons. The van der Waals surface area contributed by atoms with Crippen LogP contribution < -0.4 is 15.5 Å². The first-order valence-electron chi connectivity index (χ1n) is 11.3. The quantitative estimate of drug-likeness (QED) is 0.423. The molecule has 2 aromatic rings. The van der Waals surface area contributed by atoms with Crippen LogP contribution in [0.1, 0.15) is 63.6 Å². The number of rotatable bonds is 11. The van der Waals surface area contributed by atoms with Gasteiger partial charge in [0.1, 0.15) is 11.9 Å². The predicted octanol–water partition coefficient (Wildman–Crippen LogP) is 6.73. The predicted molar refractivity (Wildman–Crippen MR) is 134 cm³/mol. The largest absolute Gasteiger partial charge is 0.374 e. The minimum Gasteiger partial charge on any atom is -0.374 e. The molecule has 0 radical (unpaired) electrons. The van der Waals surface area contributed by atoms with Crippen LogP contribution >= 0.6 is 0 Å². The summed E-state index contributed by atoms with van der Waals surface area (Å²) in [4.78, 5) is 7.02. The van der Waals surface area contributed by atoms with E-state index in [-0.39, 0.29) is 0 Å². The van der Waals surface area contributed by atoms with E-state index in [4.69, 9.17) is 4.98 Å². The van der Waals surface area contributed by atoms with Crippen LogP contribution in [0.5, 0.6) is 0 Å². The van der Waals surface area contributed by atoms with Gasteiger partial charge in [0, 0.05) is 31.0 Å². The summed E-state index contributed by atoms with van der Waals surface area (Å²) < 4.78 is 0. The summed E-state index contributed by atoms with van der Waals surface area (Å²) >= 11 is 0. The molecule has 0 saturated carbocycles. The van der Waals surface area contributed by atoms with Crippen molar-refractivity contribution in [2.75, 3.05) is 29.1 Å². The van der Waals surface area contributed by atoms with E-state index >= 15 is 0 Å². The highest BCUT2D eigenvalue weighted by molar-refractivity contribution is 5.74. The van der Waals surface area contributed by atoms with E-state index in [0.29, 0.717) is 23.3 Å². The summed E-state index contributed by atoms with van der Waals surface area (Å²) in [6, 6.07) is 10.6. The molecule has 0 aliphatic rings. The van der Waals surface area contributed by atoms with Crippen molar-refractivity contribution in [2.45, 2.75) is 59.9 Å². The Balaban J connectivity index is 2.33. The first-order chi connectivity index (χ1) is 14.8. The molecule has 1 aromatic heterocycles. The Labute approximate surface area is 188 Å². The standard InChI is InChI=1S/C26H37N5/c1-8-11-14-31(7)24-13-12-23(16-21(24)10-3)29-26-22(17-27)15-19(5)25(30-26)28-20(6)18(4)9-2/h10,12-13,15-16,18,20H,3,8-9,11,14H2,1-2,4-7H3,(H2,28,29,30)/t18-,20?/m0/s1. The summed E-state index contributed by atoms with van der Waals surface area (Å²) in [5, 5.41) is 16.5. The monoisotopic (exact) mass is 419 g/mol. The van der Waals surface area contributed by atoms with E-state index in [1.807, 2.05) is 25.1 Å². The lowest BCUT2D eigenvalue weighted by Crippen LogP contribution is -2.24. The molecule has 0 amide bonds. The van der Waals surface area contributed by atoms with Crippen LogP contribution in [0, 0.1) is 24.2 Å². The van der Waals surface area contributed by atoms with Gasteiger partial charge >= 0.3 is 0 Å². The zero-order chi connectivity index (χ0) is 23.0. The number of unbranched alkanes of at least 4 members (excludes halogenated alkanes) is 1. The summed E-state index contributed by atoms with van der Waals surface area (Å²) in [6.07, 6.45) is 5.28. The molecule has 1 unspecified atom stereocenters. The molecule has 0 fully saturated rings. The number of pyridine rings is 1. The highest BCUT2D eigenvalue weighted by Crippen LogP contribution is 2.29. The normalized spacial score (nSPS) is 12.5. The van der Waals surface area contributed by atoms with Gasteiger partial charge in [-0.3, -0.25) is 0 Å². The fourth-order valence-corrected chi connectivity index (χ4v) is 3.45. The number of hydrogen-bond donors (Lipinski definition) is 2. The summed E-state index contributed by atoms with van der Waals surface area (Å²) in [5.74, 6) is 1.91. The summed E-state index contributed by atoms with van der Waals surface area (Å²) in [6.45, 7) is 15.8. The van der Waals surface area contributed by atoms with Crippen molar-refractivity contribution in [3.05, 3.63) is 47.5 Å². The van der Waals surface area contributed by atoms with Gasteiger partial charge < -0.3 is 15.5 Å². The van der Waals surface area contributed by atoms with E-state index < -0.39 is 0 Å². The van der Waals surface area contributed by atoms with Crippen molar-refractivity contribution >= 4 is 29.1 Å². The molecule has 31 heavy (non-hydrogen) atoms. The average molecular weight is 420 g/mol. The maximum absolute atomic E-state index is 9.65. The number of nitrogens with zero attached hydrogens (tertiary/aromatic N) is 3. The molecular formula is C26H37N5. The van der Waals surface area contributed by atoms with Crippen LogP contribution in [-0.2, 0) is 0 Å². The molecule has 0 aliphatic carbocycles. The van der Waals surface area contributed by atoms with Gasteiger partial charge in [0.2, 0.25) is 0 Å². The zero-order valence-corrected chi connectivity index (χ0v) is 19.9. The van der Waals surface area contributed by atoms with E-state index in [9.17, 15) is 5.26 Å². The van der Waals surface area contributed by atoms with Crippen molar-refractivity contribution in [1.82, 2.24) is 4.98 Å². The molecule has 2 rings (SSSR count). The summed E-state index contributed by atoms with van der Waals surface area (Å²) in [5.41, 5.74) is 4.59. The Morgan fingerprint density at radius 2 is 1.97 bits per heavy atom. The maximum Gasteiger partial charge on any atom is 0.150 e. The summed E-state index contributed by atoms with van der Waals surface area (Å²) in [7, 11) is 2.11. The molecule has 0 spiro atoms. The fourth-order valence-electron chi connectivity index (χ4n) is 3.45. The van der Waals surface area contributed by atoms with Crippen molar-refractivity contribution in [2.24, 2.45) is 5.92 Å². The number of anilines is 4. The highest BCUT2D eigenvalue weighted by Gasteiger charge is 2.15. The number of benzene rings is 1. The van der Waals surface area contributed by atoms with Gasteiger partial charge in [-0.25, -0.2) is 4.98 Å². The third-order valence-corrected chi connectivity index (χ3v) is 5.96. The van der Waals surface area contributed by atoms with Crippen LogP contribution in [0.3, 0.4) is 0 Å². The fraction of sp³-hybridized carbons (Fsp3) is 0.462. The van der Waals surface area contributed by atoms with Gasteiger partial charge in [-0.15, -0.1) is 0 Å². The van der Waals surface area contributed by atoms with Crippen molar-refractivity contribution in [3.63, 3.8) is 0 Å². The van der Waals surface area contributed by atoms with E-state index in [0.717, 1.165) is 54.1 Å². The number of aromatic nitrogens is 1. The molecule has 0 saturated heterocycles. The lowest BCUT2D eigenvalue weighted by atomic mass is 10.0. The lowest BCUT2D eigenvalue weighted by molar-refractivity contribution is 0.493. The molecular weight excluding hydrogens is 382 g/mol. The Kier molecular flexibility index (Phi) is 8.93. The van der Waals surface area contributed by atoms with Crippen molar-refractivity contribution in [1.29, 1.82) is 5.26 Å². The van der Waals surface area contributed by atoms with Crippen LogP contribution in [0.15, 0.2) is 30.8 Å². The first-order valence-corrected chi connectivity index (χ1v) is 11.3. The number of aryl methyl sites for hydroxylation is 1. The number of nitrogens with one attached hydrogen (secondary N) is 2. The van der Waals surface area contributed by atoms with E-state index in [1.165, 1.54) is 0 Å². The van der Waals surface area contributed by atoms with Crippen LogP contribution in [0.2, 0.25) is 0 Å². The molecule has 5 heteroatoms. The topological polar surface area (TPSA) is 64.0 Å². The van der Waals surface area contributed by atoms with Gasteiger partial charge in [-0.1, -0.05) is 46.3 Å². The average Bonchev–Trinajstić information content (AvgIpc) is 2.78. The highest BCUT2D eigenvalue weighted by atomic mass is 15.1. The third-order valence-electron chi connectivity index (χ3n) is 5.96. The molecule has 2 atom stereocenters. The second kappa shape index (κ2) is 11.4. The molecule has 1 aromatic carbocycles. The molecule has 2 N–H and O–H groups in total. The minimum atomic E-state index is 0.294. The van der Waals surface area contributed by atoms with Crippen LogP contribution in [0.4, 0.5) is 23.0 Å². The number of nitriles is 1. The smallest absolute Gasteiger partial charge is 0.150 e. The molecule has 5 nitrogen and oxygen atoms in total. The van der Waals surface area contributed by atoms with Gasteiger partial charge in [0.25, 0.3) is 0 Å². The van der Waals surface area contributed by atoms with Crippen LogP contribution in [-0.4, -0.2) is 24.6 Å².